The number of rotatable bonds is 2. The van der Waals surface area contributed by atoms with Crippen LogP contribution in [0.2, 0.25) is 0 Å². The number of hydrogen-bond donors (Lipinski definition) is 1. The molecule has 1 saturated heterocycles. The molecule has 0 saturated carbocycles. The van der Waals surface area contributed by atoms with Crippen molar-refractivity contribution in [3.05, 3.63) is 0 Å². The van der Waals surface area contributed by atoms with Crippen molar-refractivity contribution in [1.82, 2.24) is 9.99 Å². The van der Waals surface area contributed by atoms with Crippen molar-refractivity contribution in [2.24, 2.45) is 0 Å². The molecule has 0 aromatic heterocycles. The zero-order valence-corrected chi connectivity index (χ0v) is 7.39. The first-order chi connectivity index (χ1) is 5.24. The minimum Gasteiger partial charge on any atom is -0.306 e. The number of nitrogens with one attached hydrogen (secondary N) is 1. The van der Waals surface area contributed by atoms with E-state index < -0.39 is 0 Å². The zero-order valence-electron chi connectivity index (χ0n) is 6.39. The molecular weight excluding hydrogens is 163 g/mol. The summed E-state index contributed by atoms with van der Waals surface area (Å²) in [5.74, 6) is -0.160. The Kier molecular flexibility index (Phi) is 2.83. The summed E-state index contributed by atoms with van der Waals surface area (Å²) < 4.78 is 1.68. The standard InChI is InChI=1S/C6H11N2O2P/c1-2-11-8-4-3-5(9)7-6(8)10/h11H,2-4H2,1H3,(H,7,9,10). The second-order valence-corrected chi connectivity index (χ2v) is 3.83. The lowest BCUT2D eigenvalue weighted by molar-refractivity contribution is -0.121. The van der Waals surface area contributed by atoms with Gasteiger partial charge in [0.25, 0.3) is 0 Å². The molecule has 0 aliphatic carbocycles. The van der Waals surface area contributed by atoms with Gasteiger partial charge in [0.15, 0.2) is 0 Å². The van der Waals surface area contributed by atoms with Crippen LogP contribution in [0.4, 0.5) is 4.79 Å². The van der Waals surface area contributed by atoms with E-state index in [0.29, 0.717) is 21.7 Å². The Morgan fingerprint density at radius 2 is 2.36 bits per heavy atom. The van der Waals surface area contributed by atoms with Crippen molar-refractivity contribution in [3.8, 4) is 0 Å². The SMILES string of the molecule is CCPN1CCC(=O)NC1=O. The van der Waals surface area contributed by atoms with Gasteiger partial charge in [-0.2, -0.15) is 0 Å². The van der Waals surface area contributed by atoms with Gasteiger partial charge in [0.1, 0.15) is 0 Å². The Hall–Kier alpha value is -0.630. The predicted molar refractivity (Wildman–Crippen MR) is 43.7 cm³/mol. The van der Waals surface area contributed by atoms with Crippen LogP contribution < -0.4 is 5.32 Å². The van der Waals surface area contributed by atoms with E-state index >= 15 is 0 Å². The van der Waals surface area contributed by atoms with Crippen LogP contribution in [-0.4, -0.2) is 29.3 Å². The fraction of sp³-hybridized carbons (Fsp3) is 0.667. The third-order valence-corrected chi connectivity index (χ3v) is 2.53. The summed E-state index contributed by atoms with van der Waals surface area (Å²) in [7, 11) is 0.503. The summed E-state index contributed by atoms with van der Waals surface area (Å²) >= 11 is 0. The molecule has 1 N–H and O–H groups in total. The van der Waals surface area contributed by atoms with Crippen molar-refractivity contribution in [3.63, 3.8) is 0 Å². The molecule has 1 aliphatic rings. The number of amides is 3. The molecule has 1 rings (SSSR count). The Morgan fingerprint density at radius 1 is 1.64 bits per heavy atom. The van der Waals surface area contributed by atoms with E-state index in [4.69, 9.17) is 0 Å². The van der Waals surface area contributed by atoms with Gasteiger partial charge in [-0.1, -0.05) is 6.92 Å². The molecule has 3 amide bonds. The Morgan fingerprint density at radius 3 is 2.91 bits per heavy atom. The van der Waals surface area contributed by atoms with Crippen LogP contribution in [-0.2, 0) is 4.79 Å². The smallest absolute Gasteiger partial charge is 0.306 e. The number of imide groups is 1. The molecule has 0 aromatic carbocycles. The average molecular weight is 174 g/mol. The van der Waals surface area contributed by atoms with Crippen molar-refractivity contribution >= 4 is 20.7 Å². The summed E-state index contributed by atoms with van der Waals surface area (Å²) in [6.45, 7) is 2.60. The molecule has 1 atom stereocenters. The van der Waals surface area contributed by atoms with E-state index in [-0.39, 0.29) is 11.9 Å². The number of carbonyl (C=O) groups is 2. The molecule has 1 fully saturated rings. The largest absolute Gasteiger partial charge is 0.327 e. The number of hydrogen-bond acceptors (Lipinski definition) is 2. The molecule has 1 heterocycles. The first-order valence-corrected chi connectivity index (χ1v) is 4.74. The minimum absolute atomic E-state index is 0.160. The van der Waals surface area contributed by atoms with Crippen LogP contribution in [0.25, 0.3) is 0 Å². The highest BCUT2D eigenvalue weighted by Gasteiger charge is 2.21. The summed E-state index contributed by atoms with van der Waals surface area (Å²) in [5.41, 5.74) is 0. The lowest BCUT2D eigenvalue weighted by Gasteiger charge is -2.25. The van der Waals surface area contributed by atoms with Gasteiger partial charge < -0.3 is 4.67 Å². The number of nitrogens with zero attached hydrogens (tertiary/aromatic N) is 1. The van der Waals surface area contributed by atoms with Crippen LogP contribution in [0.15, 0.2) is 0 Å². The van der Waals surface area contributed by atoms with Gasteiger partial charge in [-0.15, -0.1) is 0 Å². The van der Waals surface area contributed by atoms with Crippen LogP contribution in [0, 0.1) is 0 Å². The summed E-state index contributed by atoms with van der Waals surface area (Å²) in [6, 6.07) is -0.235. The van der Waals surface area contributed by atoms with Crippen molar-refractivity contribution in [2.45, 2.75) is 13.3 Å². The average Bonchev–Trinajstić information content (AvgIpc) is 1.95. The number of carbonyl (C=O) groups excluding carboxylic acids is 2. The third-order valence-electron chi connectivity index (χ3n) is 1.40. The first kappa shape index (κ1) is 8.47. The monoisotopic (exact) mass is 174 g/mol. The predicted octanol–water partition coefficient (Wildman–Crippen LogP) is 0.542. The molecule has 1 aliphatic heterocycles. The van der Waals surface area contributed by atoms with E-state index in [1.165, 1.54) is 0 Å². The fourth-order valence-electron chi connectivity index (χ4n) is 0.906. The van der Waals surface area contributed by atoms with E-state index in [0.717, 1.165) is 6.16 Å². The highest BCUT2D eigenvalue weighted by molar-refractivity contribution is 7.36. The Balaban J connectivity index is 2.44. The molecule has 0 radical (unpaired) electrons. The second-order valence-electron chi connectivity index (χ2n) is 2.27. The molecule has 1 unspecified atom stereocenters. The zero-order chi connectivity index (χ0) is 8.27. The van der Waals surface area contributed by atoms with E-state index in [9.17, 15) is 9.59 Å². The molecule has 0 spiro atoms. The maximum atomic E-state index is 11.0. The highest BCUT2D eigenvalue weighted by Crippen LogP contribution is 2.19. The minimum atomic E-state index is -0.235. The van der Waals surface area contributed by atoms with Crippen LogP contribution >= 0.6 is 8.73 Å². The molecule has 11 heavy (non-hydrogen) atoms. The summed E-state index contributed by atoms with van der Waals surface area (Å²) in [5, 5.41) is 2.27. The molecule has 0 aromatic rings. The van der Waals surface area contributed by atoms with Crippen LogP contribution in [0.3, 0.4) is 0 Å². The quantitative estimate of drug-likeness (QED) is 0.621. The van der Waals surface area contributed by atoms with Crippen molar-refractivity contribution < 1.29 is 9.59 Å². The van der Waals surface area contributed by atoms with Gasteiger partial charge in [-0.25, -0.2) is 4.79 Å². The van der Waals surface area contributed by atoms with Gasteiger partial charge in [0.2, 0.25) is 5.91 Å². The first-order valence-electron chi connectivity index (χ1n) is 3.59. The van der Waals surface area contributed by atoms with E-state index in [1.54, 1.807) is 4.67 Å². The lowest BCUT2D eigenvalue weighted by atomic mass is 10.3. The van der Waals surface area contributed by atoms with Gasteiger partial charge in [-0.05, 0) is 14.9 Å². The summed E-state index contributed by atoms with van der Waals surface area (Å²) in [6.07, 6.45) is 1.40. The highest BCUT2D eigenvalue weighted by atomic mass is 31.1. The topological polar surface area (TPSA) is 49.4 Å². The molecule has 0 bridgehead atoms. The molecule has 5 heteroatoms. The molecular formula is C6H11N2O2P. The van der Waals surface area contributed by atoms with Crippen LogP contribution in [0.1, 0.15) is 13.3 Å². The summed E-state index contributed by atoms with van der Waals surface area (Å²) in [4.78, 5) is 21.7. The number of urea groups is 1. The van der Waals surface area contributed by atoms with E-state index in [1.807, 2.05) is 6.92 Å². The Labute approximate surface area is 67.2 Å². The van der Waals surface area contributed by atoms with Gasteiger partial charge >= 0.3 is 6.03 Å². The second kappa shape index (κ2) is 3.67. The van der Waals surface area contributed by atoms with Gasteiger partial charge in [-0.3, -0.25) is 10.1 Å². The normalized spacial score (nSPS) is 19.5. The maximum absolute atomic E-state index is 11.0. The third kappa shape index (κ3) is 2.15. The van der Waals surface area contributed by atoms with Gasteiger partial charge in [0, 0.05) is 13.0 Å². The van der Waals surface area contributed by atoms with Gasteiger partial charge in [0.05, 0.1) is 0 Å². The molecule has 4 nitrogen and oxygen atoms in total. The Bertz CT molecular complexity index is 183. The van der Waals surface area contributed by atoms with E-state index in [2.05, 4.69) is 5.32 Å². The molecule has 62 valence electrons. The van der Waals surface area contributed by atoms with Crippen molar-refractivity contribution in [1.29, 1.82) is 0 Å². The van der Waals surface area contributed by atoms with Crippen LogP contribution in [0.5, 0.6) is 0 Å². The lowest BCUT2D eigenvalue weighted by Crippen LogP contribution is -2.45. The maximum Gasteiger partial charge on any atom is 0.327 e. The van der Waals surface area contributed by atoms with Crippen molar-refractivity contribution in [2.75, 3.05) is 12.7 Å². The fourth-order valence-corrected chi connectivity index (χ4v) is 1.76.